The van der Waals surface area contributed by atoms with Gasteiger partial charge in [-0.05, 0) is 38.8 Å². The van der Waals surface area contributed by atoms with Gasteiger partial charge in [0.15, 0.2) is 0 Å². The van der Waals surface area contributed by atoms with Crippen molar-refractivity contribution in [3.05, 3.63) is 42.0 Å². The molecule has 140 valence electrons. The van der Waals surface area contributed by atoms with Crippen LogP contribution in [0.2, 0.25) is 0 Å². The van der Waals surface area contributed by atoms with Crippen molar-refractivity contribution in [2.24, 2.45) is 0 Å². The minimum Gasteiger partial charge on any atom is -0.462 e. The Kier molecular flexibility index (Phi) is 7.33. The number of aryl methyl sites for hydroxylation is 1. The number of sulfonamides is 2. The lowest BCUT2D eigenvalue weighted by molar-refractivity contribution is -0.139. The maximum absolute atomic E-state index is 12.4. The lowest BCUT2D eigenvalue weighted by Gasteiger charge is -2.17. The number of hydrogen-bond donors (Lipinski definition) is 0. The monoisotopic (exact) mass is 389 g/mol. The molecule has 0 saturated carbocycles. The zero-order chi connectivity index (χ0) is 19.3. The van der Waals surface area contributed by atoms with Crippen molar-refractivity contribution in [3.8, 4) is 0 Å². The van der Waals surface area contributed by atoms with E-state index in [0.717, 1.165) is 12.6 Å². The van der Waals surface area contributed by atoms with Crippen molar-refractivity contribution in [2.75, 3.05) is 19.4 Å². The predicted octanol–water partition coefficient (Wildman–Crippen LogP) is 1.84. The molecule has 0 atom stereocenters. The number of ether oxygens (including phenoxy) is 1. The van der Waals surface area contributed by atoms with E-state index in [-0.39, 0.29) is 29.2 Å². The Morgan fingerprint density at radius 2 is 1.68 bits per heavy atom. The molecule has 0 bridgehead atoms. The molecule has 0 saturated heterocycles. The molecule has 0 aliphatic heterocycles. The number of unbranched alkanes of at least 4 members (excludes halogenated alkanes) is 1. The van der Waals surface area contributed by atoms with Gasteiger partial charge in [0, 0.05) is 12.6 Å². The van der Waals surface area contributed by atoms with Crippen LogP contribution in [0.3, 0.4) is 0 Å². The quantitative estimate of drug-likeness (QED) is 0.363. The van der Waals surface area contributed by atoms with Gasteiger partial charge in [0.05, 0.1) is 17.3 Å². The van der Waals surface area contributed by atoms with Gasteiger partial charge in [-0.1, -0.05) is 28.0 Å². The largest absolute Gasteiger partial charge is 0.462 e. The SMILES string of the molecule is C=C(C)C(=O)OCCCCS(=O)(=O)N(C)S(=O)(=O)c1ccc(C)cc1. The Morgan fingerprint density at radius 3 is 2.20 bits per heavy atom. The maximum atomic E-state index is 12.4. The fourth-order valence-electron chi connectivity index (χ4n) is 1.81. The number of hydrogen-bond acceptors (Lipinski definition) is 6. The molecular weight excluding hydrogens is 366 g/mol. The van der Waals surface area contributed by atoms with Crippen LogP contribution in [0.15, 0.2) is 41.3 Å². The first-order valence-electron chi connectivity index (χ1n) is 7.59. The van der Waals surface area contributed by atoms with E-state index in [2.05, 4.69) is 6.58 Å². The van der Waals surface area contributed by atoms with Crippen LogP contribution in [0.4, 0.5) is 0 Å². The predicted molar refractivity (Wildman–Crippen MR) is 94.9 cm³/mol. The summed E-state index contributed by atoms with van der Waals surface area (Å²) in [6.07, 6.45) is 0.468. The van der Waals surface area contributed by atoms with Gasteiger partial charge in [-0.2, -0.15) is 0 Å². The molecule has 9 heteroatoms. The third kappa shape index (κ3) is 5.94. The topological polar surface area (TPSA) is 97.8 Å². The lowest BCUT2D eigenvalue weighted by atomic mass is 10.2. The molecule has 25 heavy (non-hydrogen) atoms. The van der Waals surface area contributed by atoms with Crippen LogP contribution >= 0.6 is 0 Å². The van der Waals surface area contributed by atoms with Crippen molar-refractivity contribution in [1.82, 2.24) is 3.71 Å². The van der Waals surface area contributed by atoms with Gasteiger partial charge in [0.25, 0.3) is 10.0 Å². The van der Waals surface area contributed by atoms with Gasteiger partial charge in [-0.15, -0.1) is 0 Å². The molecule has 0 amide bonds. The molecule has 1 aromatic rings. The summed E-state index contributed by atoms with van der Waals surface area (Å²) in [6, 6.07) is 5.94. The van der Waals surface area contributed by atoms with E-state index in [4.69, 9.17) is 4.74 Å². The minimum absolute atomic E-state index is 0.0512. The molecule has 1 rings (SSSR count). The highest BCUT2D eigenvalue weighted by atomic mass is 32.3. The van der Waals surface area contributed by atoms with E-state index >= 15 is 0 Å². The van der Waals surface area contributed by atoms with Crippen LogP contribution in [-0.2, 0) is 29.6 Å². The molecule has 0 heterocycles. The highest BCUT2D eigenvalue weighted by Gasteiger charge is 2.31. The second-order valence-corrected chi connectivity index (χ2v) is 9.96. The van der Waals surface area contributed by atoms with E-state index < -0.39 is 26.0 Å². The molecule has 1 aromatic carbocycles. The second kappa shape index (κ2) is 8.59. The molecule has 0 aliphatic rings. The normalized spacial score (nSPS) is 12.2. The van der Waals surface area contributed by atoms with Gasteiger partial charge >= 0.3 is 5.97 Å². The average molecular weight is 389 g/mol. The Balaban J connectivity index is 2.66. The number of carbonyl (C=O) groups is 1. The molecule has 0 fully saturated rings. The first-order chi connectivity index (χ1) is 11.5. The van der Waals surface area contributed by atoms with Gasteiger partial charge in [0.1, 0.15) is 0 Å². The molecule has 0 unspecified atom stereocenters. The smallest absolute Gasteiger partial charge is 0.333 e. The molecular formula is C16H23NO6S2. The molecule has 0 radical (unpaired) electrons. The van der Waals surface area contributed by atoms with E-state index in [9.17, 15) is 21.6 Å². The lowest BCUT2D eigenvalue weighted by Crippen LogP contribution is -2.35. The number of esters is 1. The zero-order valence-corrected chi connectivity index (χ0v) is 16.2. The molecule has 7 nitrogen and oxygen atoms in total. The van der Waals surface area contributed by atoms with Crippen LogP contribution in [0.5, 0.6) is 0 Å². The summed E-state index contributed by atoms with van der Waals surface area (Å²) in [6.45, 7) is 6.80. The Hall–Kier alpha value is -1.71. The fraction of sp³-hybridized carbons (Fsp3) is 0.438. The van der Waals surface area contributed by atoms with Crippen molar-refractivity contribution < 1.29 is 26.4 Å². The Morgan fingerprint density at radius 1 is 1.12 bits per heavy atom. The fourth-order valence-corrected chi connectivity index (χ4v) is 5.09. The van der Waals surface area contributed by atoms with Crippen molar-refractivity contribution >= 4 is 26.0 Å². The van der Waals surface area contributed by atoms with Crippen LogP contribution in [0.1, 0.15) is 25.3 Å². The van der Waals surface area contributed by atoms with E-state index in [1.165, 1.54) is 19.1 Å². The zero-order valence-electron chi connectivity index (χ0n) is 14.6. The Bertz CT molecular complexity index is 826. The van der Waals surface area contributed by atoms with Crippen molar-refractivity contribution in [2.45, 2.75) is 31.6 Å². The molecule has 0 aliphatic carbocycles. The number of carbonyl (C=O) groups excluding carboxylic acids is 1. The number of rotatable bonds is 9. The highest BCUT2D eigenvalue weighted by molar-refractivity contribution is 8.04. The first-order valence-corrected chi connectivity index (χ1v) is 10.6. The van der Waals surface area contributed by atoms with Gasteiger partial charge < -0.3 is 4.74 Å². The molecule has 0 spiro atoms. The van der Waals surface area contributed by atoms with Crippen molar-refractivity contribution in [1.29, 1.82) is 0 Å². The summed E-state index contributed by atoms with van der Waals surface area (Å²) in [5.74, 6) is -0.902. The summed E-state index contributed by atoms with van der Waals surface area (Å²) in [4.78, 5) is 11.1. The maximum Gasteiger partial charge on any atom is 0.333 e. The Labute approximate surface area is 149 Å². The van der Waals surface area contributed by atoms with Crippen LogP contribution in [0.25, 0.3) is 0 Å². The van der Waals surface area contributed by atoms with E-state index in [1.807, 2.05) is 0 Å². The van der Waals surface area contributed by atoms with Crippen LogP contribution < -0.4 is 0 Å². The summed E-state index contributed by atoms with van der Waals surface area (Å²) in [7, 11) is -7.12. The third-order valence-corrected chi connectivity index (χ3v) is 7.83. The summed E-state index contributed by atoms with van der Waals surface area (Å²) in [5, 5.41) is 0. The third-order valence-electron chi connectivity index (χ3n) is 3.43. The molecule has 0 aromatic heterocycles. The van der Waals surface area contributed by atoms with Gasteiger partial charge in [-0.3, -0.25) is 0 Å². The summed E-state index contributed by atoms with van der Waals surface area (Å²) >= 11 is 0. The average Bonchev–Trinajstić information content (AvgIpc) is 2.53. The first kappa shape index (κ1) is 21.3. The van der Waals surface area contributed by atoms with E-state index in [1.54, 1.807) is 19.1 Å². The van der Waals surface area contributed by atoms with Crippen LogP contribution in [-0.4, -0.2) is 45.9 Å². The van der Waals surface area contributed by atoms with Crippen LogP contribution in [0, 0.1) is 6.92 Å². The minimum atomic E-state index is -4.13. The molecule has 0 N–H and O–H groups in total. The highest BCUT2D eigenvalue weighted by Crippen LogP contribution is 2.18. The number of benzene rings is 1. The number of nitrogens with zero attached hydrogens (tertiary/aromatic N) is 1. The summed E-state index contributed by atoms with van der Waals surface area (Å²) < 4.78 is 54.6. The van der Waals surface area contributed by atoms with Gasteiger partial charge in [0.2, 0.25) is 10.0 Å². The second-order valence-electron chi connectivity index (χ2n) is 5.64. The van der Waals surface area contributed by atoms with Gasteiger partial charge in [-0.25, -0.2) is 21.6 Å². The van der Waals surface area contributed by atoms with Crippen molar-refractivity contribution in [3.63, 3.8) is 0 Å². The van der Waals surface area contributed by atoms with E-state index in [0.29, 0.717) is 10.1 Å². The summed E-state index contributed by atoms with van der Waals surface area (Å²) in [5.41, 5.74) is 1.13. The standard InChI is InChI=1S/C16H23NO6S2/c1-13(2)16(18)23-11-5-6-12-24(19,20)17(4)25(21,22)15-9-7-14(3)8-10-15/h7-10H,1,5-6,11-12H2,2-4H3.